The second kappa shape index (κ2) is 45.4. The molecule has 0 aliphatic heterocycles. The van der Waals surface area contributed by atoms with Crippen molar-refractivity contribution in [1.29, 1.82) is 0 Å². The summed E-state index contributed by atoms with van der Waals surface area (Å²) in [5.41, 5.74) is 0. The standard InChI is InChI=1S/C52H91NO5/c1-4-7-10-13-16-19-21-23-25-26-27-29-31-33-36-39-42-45-52(57)58-48(43-40-37-34-18-15-12-9-6-3)46-51(56)53-49(47-54)50(55)44-41-38-35-32-30-28-24-22-20-17-14-11-8-5-2/h7,10,12,15-16,19,23,25,27,29,33,36,48-50,54-55H,4-6,8-9,11,13-14,17-18,20-22,24,26,28,30-32,34-35,37-47H2,1-3H3,(H,53,56)/b10-7-,15-12-,19-16-,25-23-,29-27-,36-33-. The number of hydrogen-bond donors (Lipinski definition) is 3. The zero-order valence-corrected chi connectivity index (χ0v) is 37.9. The molecule has 334 valence electrons. The van der Waals surface area contributed by atoms with Gasteiger partial charge in [-0.2, -0.15) is 0 Å². The van der Waals surface area contributed by atoms with Gasteiger partial charge in [-0.15, -0.1) is 0 Å². The molecule has 0 rings (SSSR count). The van der Waals surface area contributed by atoms with Gasteiger partial charge in [0.15, 0.2) is 0 Å². The lowest BCUT2D eigenvalue weighted by Crippen LogP contribution is -2.46. The fourth-order valence-electron chi connectivity index (χ4n) is 6.88. The van der Waals surface area contributed by atoms with Gasteiger partial charge in [-0.1, -0.05) is 196 Å². The van der Waals surface area contributed by atoms with E-state index in [2.05, 4.69) is 99.0 Å². The fraction of sp³-hybridized carbons (Fsp3) is 0.731. The first-order chi connectivity index (χ1) is 28.5. The Kier molecular flexibility index (Phi) is 43.3. The summed E-state index contributed by atoms with van der Waals surface area (Å²) in [6.45, 7) is 6.27. The van der Waals surface area contributed by atoms with Crippen molar-refractivity contribution < 1.29 is 24.5 Å². The zero-order valence-electron chi connectivity index (χ0n) is 37.9. The number of esters is 1. The van der Waals surface area contributed by atoms with Crippen molar-refractivity contribution in [2.45, 2.75) is 238 Å². The van der Waals surface area contributed by atoms with Gasteiger partial charge < -0.3 is 20.3 Å². The first kappa shape index (κ1) is 55.3. The van der Waals surface area contributed by atoms with Gasteiger partial charge >= 0.3 is 5.97 Å². The largest absolute Gasteiger partial charge is 0.462 e. The van der Waals surface area contributed by atoms with Crippen LogP contribution < -0.4 is 5.32 Å². The maximum atomic E-state index is 13.1. The summed E-state index contributed by atoms with van der Waals surface area (Å²) in [7, 11) is 0. The number of allylic oxidation sites excluding steroid dienone is 12. The smallest absolute Gasteiger partial charge is 0.306 e. The molecule has 1 amide bonds. The summed E-state index contributed by atoms with van der Waals surface area (Å²) < 4.78 is 5.85. The molecule has 0 saturated heterocycles. The number of carbonyl (C=O) groups is 2. The molecule has 58 heavy (non-hydrogen) atoms. The molecule has 0 bridgehead atoms. The minimum atomic E-state index is -0.802. The van der Waals surface area contributed by atoms with E-state index in [1.807, 2.05) is 0 Å². The number of nitrogens with one attached hydrogen (secondary N) is 1. The minimum Gasteiger partial charge on any atom is -0.462 e. The van der Waals surface area contributed by atoms with E-state index in [1.54, 1.807) is 0 Å². The molecule has 3 N–H and O–H groups in total. The van der Waals surface area contributed by atoms with Crippen molar-refractivity contribution in [2.75, 3.05) is 6.61 Å². The molecule has 0 aromatic heterocycles. The first-order valence-electron chi connectivity index (χ1n) is 24.2. The highest BCUT2D eigenvalue weighted by atomic mass is 16.5. The topological polar surface area (TPSA) is 95.9 Å². The van der Waals surface area contributed by atoms with Crippen molar-refractivity contribution in [3.8, 4) is 0 Å². The van der Waals surface area contributed by atoms with Gasteiger partial charge in [0.2, 0.25) is 5.91 Å². The van der Waals surface area contributed by atoms with Crippen LogP contribution in [0.25, 0.3) is 0 Å². The molecule has 0 aliphatic carbocycles. The number of aliphatic hydroxyl groups excluding tert-OH is 2. The van der Waals surface area contributed by atoms with Gasteiger partial charge in [0.25, 0.3) is 0 Å². The summed E-state index contributed by atoms with van der Waals surface area (Å²) in [6, 6.07) is -0.718. The van der Waals surface area contributed by atoms with Crippen LogP contribution in [-0.2, 0) is 14.3 Å². The number of carbonyl (C=O) groups excluding carboxylic acids is 2. The molecule has 3 atom stereocenters. The molecule has 0 fully saturated rings. The SMILES string of the molecule is CC/C=C\C/C=C\C/C=C\C/C=C\C/C=C\CCCC(=O)OC(CCCCC/C=C\CCC)CC(=O)NC(CO)C(O)CCCCCCCCCCCCCCCC. The second-order valence-electron chi connectivity index (χ2n) is 16.1. The Bertz CT molecular complexity index is 1090. The van der Waals surface area contributed by atoms with Crippen molar-refractivity contribution in [3.05, 3.63) is 72.9 Å². The van der Waals surface area contributed by atoms with Crippen LogP contribution in [0.2, 0.25) is 0 Å². The lowest BCUT2D eigenvalue weighted by atomic mass is 10.0. The lowest BCUT2D eigenvalue weighted by molar-refractivity contribution is -0.151. The second-order valence-corrected chi connectivity index (χ2v) is 16.1. The summed E-state index contributed by atoms with van der Waals surface area (Å²) in [6.07, 6.45) is 56.9. The molecule has 0 heterocycles. The number of amides is 1. The summed E-state index contributed by atoms with van der Waals surface area (Å²) in [5, 5.41) is 23.7. The van der Waals surface area contributed by atoms with Crippen LogP contribution in [0.5, 0.6) is 0 Å². The van der Waals surface area contributed by atoms with E-state index in [0.29, 0.717) is 25.7 Å². The Labute approximate surface area is 358 Å². The highest BCUT2D eigenvalue weighted by molar-refractivity contribution is 5.77. The van der Waals surface area contributed by atoms with Gasteiger partial charge in [-0.25, -0.2) is 0 Å². The molecule has 6 nitrogen and oxygen atoms in total. The number of aliphatic hydroxyl groups is 2. The van der Waals surface area contributed by atoms with Crippen LogP contribution in [0, 0.1) is 0 Å². The van der Waals surface area contributed by atoms with Gasteiger partial charge in [-0.3, -0.25) is 9.59 Å². The van der Waals surface area contributed by atoms with Gasteiger partial charge in [0, 0.05) is 6.42 Å². The van der Waals surface area contributed by atoms with Crippen molar-refractivity contribution in [3.63, 3.8) is 0 Å². The number of rotatable bonds is 42. The molecule has 0 radical (unpaired) electrons. The van der Waals surface area contributed by atoms with Crippen LogP contribution in [0.15, 0.2) is 72.9 Å². The third-order valence-electron chi connectivity index (χ3n) is 10.5. The van der Waals surface area contributed by atoms with Gasteiger partial charge in [0.1, 0.15) is 6.10 Å². The van der Waals surface area contributed by atoms with E-state index < -0.39 is 18.2 Å². The van der Waals surface area contributed by atoms with Crippen LogP contribution in [-0.4, -0.2) is 46.9 Å². The monoisotopic (exact) mass is 810 g/mol. The maximum Gasteiger partial charge on any atom is 0.306 e. The third kappa shape index (κ3) is 40.1. The molecular weight excluding hydrogens is 719 g/mol. The van der Waals surface area contributed by atoms with Crippen LogP contribution >= 0.6 is 0 Å². The number of ether oxygens (including phenoxy) is 1. The van der Waals surface area contributed by atoms with Crippen LogP contribution in [0.1, 0.15) is 220 Å². The minimum absolute atomic E-state index is 0.0407. The quantitative estimate of drug-likeness (QED) is 0.0324. The van der Waals surface area contributed by atoms with Crippen molar-refractivity contribution in [2.24, 2.45) is 0 Å². The lowest BCUT2D eigenvalue weighted by Gasteiger charge is -2.24. The van der Waals surface area contributed by atoms with Crippen molar-refractivity contribution >= 4 is 11.9 Å². The predicted molar refractivity (Wildman–Crippen MR) is 250 cm³/mol. The number of unbranched alkanes of at least 4 members (excludes halogenated alkanes) is 18. The van der Waals surface area contributed by atoms with Crippen LogP contribution in [0.4, 0.5) is 0 Å². The molecule has 6 heteroatoms. The molecule has 0 aliphatic rings. The predicted octanol–water partition coefficient (Wildman–Crippen LogP) is 14.2. The third-order valence-corrected chi connectivity index (χ3v) is 10.5. The van der Waals surface area contributed by atoms with E-state index in [1.165, 1.54) is 70.6 Å². The maximum absolute atomic E-state index is 13.1. The highest BCUT2D eigenvalue weighted by Gasteiger charge is 2.24. The fourth-order valence-corrected chi connectivity index (χ4v) is 6.88. The molecular formula is C52H91NO5. The van der Waals surface area contributed by atoms with Crippen LogP contribution in [0.3, 0.4) is 0 Å². The average molecular weight is 810 g/mol. The Hall–Kier alpha value is -2.70. The summed E-state index contributed by atoms with van der Waals surface area (Å²) in [4.78, 5) is 26.0. The van der Waals surface area contributed by atoms with Gasteiger partial charge in [-0.05, 0) is 83.5 Å². The Morgan fingerprint density at radius 3 is 1.50 bits per heavy atom. The van der Waals surface area contributed by atoms with E-state index in [0.717, 1.165) is 96.3 Å². The number of hydrogen-bond acceptors (Lipinski definition) is 5. The van der Waals surface area contributed by atoms with Gasteiger partial charge in [0.05, 0.1) is 25.2 Å². The van der Waals surface area contributed by atoms with E-state index in [-0.39, 0.29) is 24.9 Å². The first-order valence-corrected chi connectivity index (χ1v) is 24.2. The molecule has 3 unspecified atom stereocenters. The van der Waals surface area contributed by atoms with E-state index >= 15 is 0 Å². The normalized spacial score (nSPS) is 13.9. The average Bonchev–Trinajstić information content (AvgIpc) is 3.22. The Balaban J connectivity index is 4.55. The molecule has 0 aromatic rings. The highest BCUT2D eigenvalue weighted by Crippen LogP contribution is 2.17. The summed E-state index contributed by atoms with van der Waals surface area (Å²) >= 11 is 0. The molecule has 0 aromatic carbocycles. The summed E-state index contributed by atoms with van der Waals surface area (Å²) in [5.74, 6) is -0.567. The van der Waals surface area contributed by atoms with E-state index in [9.17, 15) is 19.8 Å². The Morgan fingerprint density at radius 2 is 0.966 bits per heavy atom. The Morgan fingerprint density at radius 1 is 0.517 bits per heavy atom. The molecule has 0 saturated carbocycles. The van der Waals surface area contributed by atoms with E-state index in [4.69, 9.17) is 4.74 Å². The van der Waals surface area contributed by atoms with Crippen molar-refractivity contribution in [1.82, 2.24) is 5.32 Å². The zero-order chi connectivity index (χ0) is 42.4. The molecule has 0 spiro atoms.